The van der Waals surface area contributed by atoms with Crippen molar-refractivity contribution in [2.75, 3.05) is 6.54 Å². The van der Waals surface area contributed by atoms with Crippen molar-refractivity contribution in [2.24, 2.45) is 0 Å². The van der Waals surface area contributed by atoms with Crippen LogP contribution in [0.5, 0.6) is 0 Å². The van der Waals surface area contributed by atoms with Gasteiger partial charge in [0.05, 0.1) is 0 Å². The van der Waals surface area contributed by atoms with Crippen molar-refractivity contribution in [3.05, 3.63) is 70.8 Å². The minimum atomic E-state index is 0.642. The minimum Gasteiger partial charge on any atom is -0.292 e. The van der Waals surface area contributed by atoms with E-state index in [0.717, 1.165) is 12.5 Å². The third-order valence-corrected chi connectivity index (χ3v) is 4.98. The van der Waals surface area contributed by atoms with Crippen LogP contribution in [0, 0.1) is 6.92 Å². The van der Waals surface area contributed by atoms with E-state index in [1.165, 1.54) is 30.5 Å². The Bertz CT molecular complexity index is 617. The summed E-state index contributed by atoms with van der Waals surface area (Å²) in [5.41, 5.74) is 6.06. The zero-order chi connectivity index (χ0) is 13.5. The first-order chi connectivity index (χ1) is 9.81. The van der Waals surface area contributed by atoms with Gasteiger partial charge < -0.3 is 0 Å². The van der Waals surface area contributed by atoms with Crippen molar-refractivity contribution < 1.29 is 0 Å². The summed E-state index contributed by atoms with van der Waals surface area (Å²) in [5, 5.41) is 0. The highest BCUT2D eigenvalue weighted by Gasteiger charge is 2.38. The standard InChI is InChI=1S/C19H21N/c1-14-7-8-17-16-9-10-20(19(12-16)18(17)11-14)13-15-5-3-2-4-6-15/h2-8,11,16,19H,9-10,12-13H2,1H3/t16-,19-/m1/s1. The predicted octanol–water partition coefficient (Wildman–Crippen LogP) is 4.43. The zero-order valence-corrected chi connectivity index (χ0v) is 12.0. The number of nitrogens with zero attached hydrogens (tertiary/aromatic N) is 1. The van der Waals surface area contributed by atoms with Gasteiger partial charge in [-0.1, -0.05) is 54.1 Å². The Hall–Kier alpha value is -1.60. The summed E-state index contributed by atoms with van der Waals surface area (Å²) in [6, 6.07) is 18.6. The van der Waals surface area contributed by atoms with Crippen LogP contribution in [0.2, 0.25) is 0 Å². The fourth-order valence-corrected chi connectivity index (χ4v) is 3.98. The zero-order valence-electron chi connectivity index (χ0n) is 12.0. The van der Waals surface area contributed by atoms with Crippen LogP contribution in [-0.4, -0.2) is 11.4 Å². The Labute approximate surface area is 121 Å². The van der Waals surface area contributed by atoms with Gasteiger partial charge in [-0.3, -0.25) is 4.90 Å². The van der Waals surface area contributed by atoms with Gasteiger partial charge in [-0.25, -0.2) is 0 Å². The summed E-state index contributed by atoms with van der Waals surface area (Å²) >= 11 is 0. The Balaban J connectivity index is 1.65. The lowest BCUT2D eigenvalue weighted by molar-refractivity contribution is 0.145. The van der Waals surface area contributed by atoms with Crippen LogP contribution in [0.15, 0.2) is 48.5 Å². The van der Waals surface area contributed by atoms with Gasteiger partial charge in [0.2, 0.25) is 0 Å². The molecule has 1 aliphatic heterocycles. The van der Waals surface area contributed by atoms with E-state index in [4.69, 9.17) is 0 Å². The molecule has 20 heavy (non-hydrogen) atoms. The Kier molecular flexibility index (Phi) is 2.89. The molecule has 0 aromatic heterocycles. The fraction of sp³-hybridized carbons (Fsp3) is 0.368. The molecule has 2 aliphatic rings. The number of piperidine rings is 1. The molecule has 2 atom stereocenters. The fourth-order valence-electron chi connectivity index (χ4n) is 3.98. The number of likely N-dealkylation sites (tertiary alicyclic amines) is 1. The molecule has 1 nitrogen and oxygen atoms in total. The van der Waals surface area contributed by atoms with Gasteiger partial charge in [0, 0.05) is 12.6 Å². The van der Waals surface area contributed by atoms with Gasteiger partial charge in [0.1, 0.15) is 0 Å². The summed E-state index contributed by atoms with van der Waals surface area (Å²) in [4.78, 5) is 2.68. The predicted molar refractivity (Wildman–Crippen MR) is 82.7 cm³/mol. The Morgan fingerprint density at radius 2 is 1.90 bits per heavy atom. The molecule has 102 valence electrons. The van der Waals surface area contributed by atoms with E-state index in [1.807, 2.05) is 0 Å². The van der Waals surface area contributed by atoms with Crippen molar-refractivity contribution in [3.8, 4) is 0 Å². The smallest absolute Gasteiger partial charge is 0.0360 e. The topological polar surface area (TPSA) is 3.24 Å². The molecule has 2 bridgehead atoms. The largest absolute Gasteiger partial charge is 0.292 e. The van der Waals surface area contributed by atoms with Crippen LogP contribution in [0.3, 0.4) is 0 Å². The van der Waals surface area contributed by atoms with Crippen molar-refractivity contribution in [1.82, 2.24) is 4.90 Å². The number of fused-ring (bicyclic) bond motifs is 5. The summed E-state index contributed by atoms with van der Waals surface area (Å²) in [5.74, 6) is 0.808. The lowest BCUT2D eigenvalue weighted by atomic mass is 9.95. The van der Waals surface area contributed by atoms with Gasteiger partial charge in [0.15, 0.2) is 0 Å². The first kappa shape index (κ1) is 12.2. The molecule has 0 saturated carbocycles. The third-order valence-electron chi connectivity index (χ3n) is 4.98. The van der Waals surface area contributed by atoms with Crippen LogP contribution >= 0.6 is 0 Å². The summed E-state index contributed by atoms with van der Waals surface area (Å²) < 4.78 is 0. The molecular formula is C19H21N. The molecule has 1 fully saturated rings. The maximum absolute atomic E-state index is 2.68. The highest BCUT2D eigenvalue weighted by molar-refractivity contribution is 5.42. The van der Waals surface area contributed by atoms with Crippen LogP contribution < -0.4 is 0 Å². The molecule has 0 N–H and O–H groups in total. The maximum Gasteiger partial charge on any atom is 0.0360 e. The van der Waals surface area contributed by atoms with Gasteiger partial charge in [0.25, 0.3) is 0 Å². The van der Waals surface area contributed by atoms with Crippen LogP contribution in [0.1, 0.15) is 47.1 Å². The minimum absolute atomic E-state index is 0.642. The number of aryl methyl sites for hydroxylation is 1. The third kappa shape index (κ3) is 1.97. The van der Waals surface area contributed by atoms with Gasteiger partial charge in [-0.15, -0.1) is 0 Å². The average molecular weight is 263 g/mol. The van der Waals surface area contributed by atoms with Crippen molar-refractivity contribution >= 4 is 0 Å². The molecule has 2 aromatic rings. The molecule has 0 spiro atoms. The highest BCUT2D eigenvalue weighted by Crippen LogP contribution is 2.49. The first-order valence-electron chi connectivity index (χ1n) is 7.70. The summed E-state index contributed by atoms with van der Waals surface area (Å²) in [7, 11) is 0. The van der Waals surface area contributed by atoms with Crippen molar-refractivity contribution in [2.45, 2.75) is 38.3 Å². The quantitative estimate of drug-likeness (QED) is 0.774. The molecule has 1 heterocycles. The van der Waals surface area contributed by atoms with E-state index in [9.17, 15) is 0 Å². The lowest BCUT2D eigenvalue weighted by Gasteiger charge is -2.33. The molecular weight excluding hydrogens is 242 g/mol. The second-order valence-corrected chi connectivity index (χ2v) is 6.33. The van der Waals surface area contributed by atoms with E-state index in [0.29, 0.717) is 6.04 Å². The number of rotatable bonds is 2. The molecule has 4 rings (SSSR count). The molecule has 2 aromatic carbocycles. The van der Waals surface area contributed by atoms with Gasteiger partial charge >= 0.3 is 0 Å². The Morgan fingerprint density at radius 3 is 2.75 bits per heavy atom. The maximum atomic E-state index is 2.68. The molecule has 0 radical (unpaired) electrons. The molecule has 1 aliphatic carbocycles. The number of hydrogen-bond donors (Lipinski definition) is 0. The Morgan fingerprint density at radius 1 is 1.05 bits per heavy atom. The second kappa shape index (κ2) is 4.75. The van der Waals surface area contributed by atoms with E-state index in [1.54, 1.807) is 11.1 Å². The SMILES string of the molecule is Cc1ccc2c(c1)[C@H]1C[C@H]2CCN1Cc1ccccc1. The van der Waals surface area contributed by atoms with E-state index >= 15 is 0 Å². The lowest BCUT2D eigenvalue weighted by Crippen LogP contribution is -2.31. The van der Waals surface area contributed by atoms with Crippen LogP contribution in [-0.2, 0) is 6.54 Å². The van der Waals surface area contributed by atoms with Crippen LogP contribution in [0.25, 0.3) is 0 Å². The van der Waals surface area contributed by atoms with E-state index < -0.39 is 0 Å². The molecule has 0 amide bonds. The van der Waals surface area contributed by atoms with Crippen LogP contribution in [0.4, 0.5) is 0 Å². The highest BCUT2D eigenvalue weighted by atomic mass is 15.2. The monoisotopic (exact) mass is 263 g/mol. The van der Waals surface area contributed by atoms with Gasteiger partial charge in [-0.2, -0.15) is 0 Å². The summed E-state index contributed by atoms with van der Waals surface area (Å²) in [6.45, 7) is 4.54. The molecule has 0 unspecified atom stereocenters. The molecule has 1 saturated heterocycles. The normalized spacial score (nSPS) is 24.6. The second-order valence-electron chi connectivity index (χ2n) is 6.33. The summed E-state index contributed by atoms with van der Waals surface area (Å²) in [6.07, 6.45) is 2.64. The van der Waals surface area contributed by atoms with E-state index in [-0.39, 0.29) is 0 Å². The van der Waals surface area contributed by atoms with E-state index in [2.05, 4.69) is 60.4 Å². The van der Waals surface area contributed by atoms with Crippen molar-refractivity contribution in [1.29, 1.82) is 0 Å². The average Bonchev–Trinajstić information content (AvgIpc) is 2.77. The number of hydrogen-bond acceptors (Lipinski definition) is 1. The van der Waals surface area contributed by atoms with Crippen molar-refractivity contribution in [3.63, 3.8) is 0 Å². The first-order valence-corrected chi connectivity index (χ1v) is 7.70. The molecule has 1 heteroatoms. The van der Waals surface area contributed by atoms with Gasteiger partial charge in [-0.05, 0) is 48.9 Å². The number of benzene rings is 2.